The van der Waals surface area contributed by atoms with Crippen LogP contribution in [0.1, 0.15) is 38.9 Å². The minimum atomic E-state index is -0.383. The Hall–Kier alpha value is -6.61. The summed E-state index contributed by atoms with van der Waals surface area (Å²) in [5.41, 5.74) is 17.5. The van der Waals surface area contributed by atoms with E-state index in [1.807, 2.05) is 0 Å². The van der Waals surface area contributed by atoms with Gasteiger partial charge in [-0.25, -0.2) is 0 Å². The van der Waals surface area contributed by atoms with Gasteiger partial charge in [0.25, 0.3) is 0 Å². The van der Waals surface area contributed by atoms with Gasteiger partial charge in [-0.05, 0) is 120 Å². The molecule has 2 aliphatic carbocycles. The zero-order valence-corrected chi connectivity index (χ0v) is 32.5. The van der Waals surface area contributed by atoms with Crippen molar-refractivity contribution in [2.75, 3.05) is 11.6 Å². The molecule has 9 aromatic rings. The molecule has 0 heterocycles. The molecule has 1 N–H and O–H groups in total. The Balaban J connectivity index is 1.06. The summed E-state index contributed by atoms with van der Waals surface area (Å²) < 4.78 is 0. The van der Waals surface area contributed by atoms with E-state index in [1.54, 1.807) is 11.8 Å². The largest absolute Gasteiger partial charge is 0.354 e. The first-order valence-corrected chi connectivity index (χ1v) is 21.0. The molecular weight excluding hydrogens is 707 g/mol. The van der Waals surface area contributed by atoms with Crippen LogP contribution in [-0.4, -0.2) is 6.26 Å². The Bertz CT molecular complexity index is 2990. The van der Waals surface area contributed by atoms with Crippen molar-refractivity contribution in [3.8, 4) is 22.3 Å². The van der Waals surface area contributed by atoms with Crippen molar-refractivity contribution in [3.63, 3.8) is 0 Å². The summed E-state index contributed by atoms with van der Waals surface area (Å²) in [4.78, 5) is 1.22. The first kappa shape index (κ1) is 33.7. The van der Waals surface area contributed by atoms with Gasteiger partial charge in [0.05, 0.1) is 11.1 Å². The number of nitrogens with one attached hydrogen (secondary N) is 1. The van der Waals surface area contributed by atoms with Crippen LogP contribution in [-0.2, 0) is 11.8 Å². The van der Waals surface area contributed by atoms with E-state index in [-0.39, 0.29) is 5.41 Å². The molecule has 0 fully saturated rings. The highest BCUT2D eigenvalue weighted by Gasteiger charge is 2.51. The van der Waals surface area contributed by atoms with E-state index in [0.717, 1.165) is 17.8 Å². The van der Waals surface area contributed by atoms with Crippen LogP contribution in [0.3, 0.4) is 0 Å². The summed E-state index contributed by atoms with van der Waals surface area (Å²) in [5.74, 6) is 0. The molecule has 57 heavy (non-hydrogen) atoms. The summed E-state index contributed by atoms with van der Waals surface area (Å²) in [7, 11) is 0. The van der Waals surface area contributed by atoms with Crippen LogP contribution in [0.15, 0.2) is 205 Å². The molecule has 0 aliphatic heterocycles. The molecule has 0 saturated heterocycles. The Morgan fingerprint density at radius 2 is 1.09 bits per heavy atom. The summed E-state index contributed by atoms with van der Waals surface area (Å²) in [5, 5.41) is 8.98. The molecule has 0 saturated carbocycles. The van der Waals surface area contributed by atoms with Gasteiger partial charge in [0.2, 0.25) is 0 Å². The van der Waals surface area contributed by atoms with Crippen molar-refractivity contribution in [2.24, 2.45) is 0 Å². The number of benzene rings is 9. The van der Waals surface area contributed by atoms with E-state index in [1.165, 1.54) is 93.2 Å². The Labute approximate surface area is 338 Å². The normalized spacial score (nSPS) is 13.4. The van der Waals surface area contributed by atoms with E-state index < -0.39 is 0 Å². The maximum atomic E-state index is 4.04. The van der Waals surface area contributed by atoms with Gasteiger partial charge < -0.3 is 5.32 Å². The first-order chi connectivity index (χ1) is 28.2. The number of hydrogen-bond donors (Lipinski definition) is 1. The van der Waals surface area contributed by atoms with Gasteiger partial charge in [-0.3, -0.25) is 0 Å². The minimum absolute atomic E-state index is 0.383. The summed E-state index contributed by atoms with van der Waals surface area (Å²) in [6.45, 7) is 0. The Morgan fingerprint density at radius 3 is 1.75 bits per heavy atom. The fourth-order valence-electron chi connectivity index (χ4n) is 9.77. The molecule has 0 atom stereocenters. The van der Waals surface area contributed by atoms with E-state index in [4.69, 9.17) is 0 Å². The van der Waals surface area contributed by atoms with E-state index in [0.29, 0.717) is 0 Å². The molecule has 1 spiro atoms. The van der Waals surface area contributed by atoms with Crippen molar-refractivity contribution >= 4 is 50.3 Å². The lowest BCUT2D eigenvalue weighted by molar-refractivity contribution is 0.794. The zero-order chi connectivity index (χ0) is 37.9. The highest BCUT2D eigenvalue weighted by Crippen LogP contribution is 2.63. The molecule has 0 bridgehead atoms. The second kappa shape index (κ2) is 13.5. The van der Waals surface area contributed by atoms with Crippen molar-refractivity contribution in [1.29, 1.82) is 0 Å². The van der Waals surface area contributed by atoms with Crippen LogP contribution in [0.25, 0.3) is 49.4 Å². The SMILES string of the molecule is CSc1ccc2ccc3cc(/C(=C\Cc4ccccc4)c4ccccc4)ccc3c2c1Nc1ccc2c(c1)C1(c3ccccc3-c3ccccc31)c1ccccc1-2. The fourth-order valence-corrected chi connectivity index (χ4v) is 10.3. The van der Waals surface area contributed by atoms with Crippen LogP contribution in [0.2, 0.25) is 0 Å². The van der Waals surface area contributed by atoms with E-state index in [9.17, 15) is 0 Å². The molecule has 0 amide bonds. The van der Waals surface area contributed by atoms with Crippen molar-refractivity contribution in [2.45, 2.75) is 16.7 Å². The zero-order valence-electron chi connectivity index (χ0n) is 31.7. The first-order valence-electron chi connectivity index (χ1n) is 19.8. The molecule has 9 aromatic carbocycles. The highest BCUT2D eigenvalue weighted by atomic mass is 32.2. The third-order valence-corrected chi connectivity index (χ3v) is 13.0. The maximum absolute atomic E-state index is 4.04. The van der Waals surface area contributed by atoms with Crippen molar-refractivity contribution in [1.82, 2.24) is 0 Å². The lowest BCUT2D eigenvalue weighted by Crippen LogP contribution is -2.25. The minimum Gasteiger partial charge on any atom is -0.354 e. The van der Waals surface area contributed by atoms with Gasteiger partial charge >= 0.3 is 0 Å². The van der Waals surface area contributed by atoms with Crippen molar-refractivity contribution in [3.05, 3.63) is 239 Å². The molecule has 270 valence electrons. The van der Waals surface area contributed by atoms with Crippen LogP contribution in [0, 0.1) is 0 Å². The topological polar surface area (TPSA) is 12.0 Å². The molecule has 2 heteroatoms. The third-order valence-electron chi connectivity index (χ3n) is 12.2. The quantitative estimate of drug-likeness (QED) is 0.129. The van der Waals surface area contributed by atoms with Crippen LogP contribution >= 0.6 is 11.8 Å². The van der Waals surface area contributed by atoms with Crippen LogP contribution in [0.4, 0.5) is 11.4 Å². The van der Waals surface area contributed by atoms with Gasteiger partial charge in [0, 0.05) is 16.0 Å². The molecule has 11 rings (SSSR count). The third kappa shape index (κ3) is 5.25. The van der Waals surface area contributed by atoms with Crippen LogP contribution in [0.5, 0.6) is 0 Å². The summed E-state index contributed by atoms with van der Waals surface area (Å²) in [6, 6.07) is 71.8. The average molecular weight is 746 g/mol. The average Bonchev–Trinajstić information content (AvgIpc) is 3.74. The van der Waals surface area contributed by atoms with E-state index in [2.05, 4.69) is 212 Å². The molecule has 0 aromatic heterocycles. The van der Waals surface area contributed by atoms with Gasteiger partial charge in [-0.15, -0.1) is 11.8 Å². The van der Waals surface area contributed by atoms with E-state index >= 15 is 0 Å². The Morgan fingerprint density at radius 1 is 0.509 bits per heavy atom. The maximum Gasteiger partial charge on any atom is 0.0726 e. The van der Waals surface area contributed by atoms with Crippen LogP contribution < -0.4 is 5.32 Å². The summed E-state index contributed by atoms with van der Waals surface area (Å²) in [6.07, 6.45) is 5.43. The second-order valence-corrected chi connectivity index (χ2v) is 16.0. The second-order valence-electron chi connectivity index (χ2n) is 15.2. The monoisotopic (exact) mass is 745 g/mol. The predicted molar refractivity (Wildman–Crippen MR) is 243 cm³/mol. The number of hydrogen-bond acceptors (Lipinski definition) is 2. The molecule has 2 aliphatic rings. The highest BCUT2D eigenvalue weighted by molar-refractivity contribution is 7.98. The number of thioether (sulfide) groups is 1. The number of rotatable bonds is 7. The number of anilines is 2. The summed E-state index contributed by atoms with van der Waals surface area (Å²) >= 11 is 1.79. The van der Waals surface area contributed by atoms with Crippen molar-refractivity contribution < 1.29 is 0 Å². The Kier molecular flexibility index (Phi) is 8.01. The van der Waals surface area contributed by atoms with Gasteiger partial charge in [-0.2, -0.15) is 0 Å². The lowest BCUT2D eigenvalue weighted by Gasteiger charge is -2.30. The molecule has 0 radical (unpaired) electrons. The van der Waals surface area contributed by atoms with Gasteiger partial charge in [0.15, 0.2) is 0 Å². The number of fused-ring (bicyclic) bond motifs is 13. The standard InChI is InChI=1S/C55H39NS/c1-57-52-33-28-38-25-26-40-34-39(42(37-16-6-3-7-17-37)30-24-36-14-4-2-5-15-36)27-31-43(40)53(38)54(52)56-41-29-32-47-46-20-10-13-23-50(46)55(51(47)35-41)48-21-11-8-18-44(48)45-19-9-12-22-49(45)55/h2-23,25-35,56H,24H2,1H3/b42-30-. The number of allylic oxidation sites excluding steroid dienone is 1. The molecule has 0 unspecified atom stereocenters. The van der Waals surface area contributed by atoms with Gasteiger partial charge in [0.1, 0.15) is 0 Å². The molecule has 1 nitrogen and oxygen atoms in total. The lowest BCUT2D eigenvalue weighted by atomic mass is 9.70. The molecular formula is C55H39NS. The predicted octanol–water partition coefficient (Wildman–Crippen LogP) is 14.5. The smallest absolute Gasteiger partial charge is 0.0726 e. The fraction of sp³-hybridized carbons (Fsp3) is 0.0545. The van der Waals surface area contributed by atoms with Gasteiger partial charge in [-0.1, -0.05) is 176 Å².